The Labute approximate surface area is 152 Å². The molecule has 26 heavy (non-hydrogen) atoms. The van der Waals surface area contributed by atoms with Gasteiger partial charge in [0.1, 0.15) is 17.2 Å². The number of methoxy groups -OCH3 is 2. The van der Waals surface area contributed by atoms with Crippen LogP contribution < -0.4 is 20.1 Å². The molecule has 1 unspecified atom stereocenters. The van der Waals surface area contributed by atoms with Gasteiger partial charge >= 0.3 is 0 Å². The summed E-state index contributed by atoms with van der Waals surface area (Å²) in [6.45, 7) is 1.29. The Bertz CT molecular complexity index is 743. The van der Waals surface area contributed by atoms with Crippen molar-refractivity contribution in [3.63, 3.8) is 0 Å². The maximum absolute atomic E-state index is 12.2. The Hall–Kier alpha value is -2.80. The van der Waals surface area contributed by atoms with Gasteiger partial charge in [0.25, 0.3) is 5.91 Å². The van der Waals surface area contributed by atoms with Crippen LogP contribution in [-0.4, -0.2) is 44.4 Å². The van der Waals surface area contributed by atoms with Crippen LogP contribution in [0.5, 0.6) is 11.5 Å². The lowest BCUT2D eigenvalue weighted by molar-refractivity contribution is 0.0854. The van der Waals surface area contributed by atoms with Crippen LogP contribution in [0.25, 0.3) is 0 Å². The number of hydrogen-bond acceptors (Lipinski definition) is 6. The van der Waals surface area contributed by atoms with Gasteiger partial charge in [0, 0.05) is 19.2 Å². The minimum Gasteiger partial charge on any atom is -0.497 e. The highest BCUT2D eigenvalue weighted by molar-refractivity contribution is 5.92. The van der Waals surface area contributed by atoms with Gasteiger partial charge < -0.3 is 24.8 Å². The van der Waals surface area contributed by atoms with Crippen LogP contribution in [0.2, 0.25) is 0 Å². The number of nitrogens with zero attached hydrogens (tertiary/aromatic N) is 1. The summed E-state index contributed by atoms with van der Waals surface area (Å²) in [7, 11) is 3.21. The van der Waals surface area contributed by atoms with Gasteiger partial charge in [-0.05, 0) is 37.1 Å². The summed E-state index contributed by atoms with van der Waals surface area (Å²) in [5.41, 5.74) is 1.86. The van der Waals surface area contributed by atoms with Crippen LogP contribution >= 0.6 is 0 Å². The van der Waals surface area contributed by atoms with Crippen molar-refractivity contribution < 1.29 is 19.0 Å². The number of carbonyl (C=O) groups is 1. The van der Waals surface area contributed by atoms with Crippen molar-refractivity contribution >= 4 is 17.3 Å². The van der Waals surface area contributed by atoms with Crippen LogP contribution in [0.4, 0.5) is 11.4 Å². The zero-order valence-corrected chi connectivity index (χ0v) is 15.0. The summed E-state index contributed by atoms with van der Waals surface area (Å²) in [4.78, 5) is 16.4. The molecule has 7 nitrogen and oxygen atoms in total. The van der Waals surface area contributed by atoms with E-state index in [1.54, 1.807) is 32.5 Å². The summed E-state index contributed by atoms with van der Waals surface area (Å²) in [5, 5.41) is 6.08. The van der Waals surface area contributed by atoms with Gasteiger partial charge in [-0.1, -0.05) is 0 Å². The van der Waals surface area contributed by atoms with Gasteiger partial charge in [0.15, 0.2) is 0 Å². The molecule has 1 aromatic carbocycles. The van der Waals surface area contributed by atoms with E-state index in [9.17, 15) is 4.79 Å². The number of nitrogens with one attached hydrogen (secondary N) is 2. The fourth-order valence-electron chi connectivity index (χ4n) is 2.77. The second kappa shape index (κ2) is 8.53. The van der Waals surface area contributed by atoms with Crippen LogP contribution in [0, 0.1) is 0 Å². The van der Waals surface area contributed by atoms with E-state index in [4.69, 9.17) is 14.2 Å². The monoisotopic (exact) mass is 357 g/mol. The molecule has 1 aliphatic heterocycles. The van der Waals surface area contributed by atoms with Crippen LogP contribution in [0.15, 0.2) is 36.5 Å². The van der Waals surface area contributed by atoms with Crippen molar-refractivity contribution in [3.8, 4) is 11.5 Å². The summed E-state index contributed by atoms with van der Waals surface area (Å²) in [5.74, 6) is 1.20. The molecule has 0 radical (unpaired) electrons. The highest BCUT2D eigenvalue weighted by Gasteiger charge is 2.17. The smallest absolute Gasteiger partial charge is 0.269 e. The first-order chi connectivity index (χ1) is 12.7. The number of rotatable bonds is 7. The Morgan fingerprint density at radius 3 is 2.81 bits per heavy atom. The third-order valence-electron chi connectivity index (χ3n) is 4.20. The van der Waals surface area contributed by atoms with Crippen LogP contribution in [0.1, 0.15) is 23.3 Å². The average Bonchev–Trinajstić information content (AvgIpc) is 3.20. The zero-order valence-electron chi connectivity index (χ0n) is 15.0. The second-order valence-corrected chi connectivity index (χ2v) is 5.97. The molecular weight excluding hydrogens is 334 g/mol. The molecule has 1 aliphatic rings. The Morgan fingerprint density at radius 1 is 1.27 bits per heavy atom. The van der Waals surface area contributed by atoms with Crippen LogP contribution in [0.3, 0.4) is 0 Å². The maximum Gasteiger partial charge on any atom is 0.269 e. The van der Waals surface area contributed by atoms with E-state index in [1.807, 2.05) is 18.2 Å². The average molecular weight is 357 g/mol. The van der Waals surface area contributed by atoms with E-state index in [0.29, 0.717) is 23.7 Å². The summed E-state index contributed by atoms with van der Waals surface area (Å²) < 4.78 is 16.1. The summed E-state index contributed by atoms with van der Waals surface area (Å²) >= 11 is 0. The van der Waals surface area contributed by atoms with Crippen molar-refractivity contribution in [3.05, 3.63) is 42.2 Å². The fourth-order valence-corrected chi connectivity index (χ4v) is 2.77. The van der Waals surface area contributed by atoms with Crippen molar-refractivity contribution in [1.29, 1.82) is 0 Å². The van der Waals surface area contributed by atoms with E-state index in [2.05, 4.69) is 15.6 Å². The minimum absolute atomic E-state index is 0.111. The van der Waals surface area contributed by atoms with Gasteiger partial charge in [-0.2, -0.15) is 0 Å². The molecule has 7 heteroatoms. The van der Waals surface area contributed by atoms with Gasteiger partial charge in [-0.15, -0.1) is 0 Å². The van der Waals surface area contributed by atoms with Gasteiger partial charge in [-0.3, -0.25) is 4.79 Å². The van der Waals surface area contributed by atoms with Crippen molar-refractivity contribution in [1.82, 2.24) is 10.3 Å². The molecule has 138 valence electrons. The quantitative estimate of drug-likeness (QED) is 0.793. The number of aromatic nitrogens is 1. The topological polar surface area (TPSA) is 81.7 Å². The van der Waals surface area contributed by atoms with Crippen molar-refractivity contribution in [2.45, 2.75) is 18.9 Å². The SMILES string of the molecule is COc1ccc(OC)c(Nc2ccc(C(=O)NCC3CCCO3)nc2)c1. The second-order valence-electron chi connectivity index (χ2n) is 5.97. The molecule has 2 heterocycles. The lowest BCUT2D eigenvalue weighted by Crippen LogP contribution is -2.32. The molecule has 1 saturated heterocycles. The number of pyridine rings is 1. The van der Waals surface area contributed by atoms with E-state index in [0.717, 1.165) is 30.8 Å². The molecular formula is C19H23N3O4. The lowest BCUT2D eigenvalue weighted by atomic mass is 10.2. The van der Waals surface area contributed by atoms with Gasteiger partial charge in [0.05, 0.1) is 37.9 Å². The predicted molar refractivity (Wildman–Crippen MR) is 98.4 cm³/mol. The number of ether oxygens (including phenoxy) is 3. The highest BCUT2D eigenvalue weighted by atomic mass is 16.5. The lowest BCUT2D eigenvalue weighted by Gasteiger charge is -2.13. The first kappa shape index (κ1) is 18.0. The number of hydrogen-bond donors (Lipinski definition) is 2. The molecule has 3 rings (SSSR count). The van der Waals surface area contributed by atoms with E-state index < -0.39 is 0 Å². The first-order valence-electron chi connectivity index (χ1n) is 8.54. The molecule has 1 aromatic heterocycles. The molecule has 1 amide bonds. The van der Waals surface area contributed by atoms with Gasteiger partial charge in [-0.25, -0.2) is 4.98 Å². The molecule has 0 saturated carbocycles. The third kappa shape index (κ3) is 4.43. The molecule has 1 fully saturated rings. The Balaban J connectivity index is 1.63. The Kier molecular flexibility index (Phi) is 5.91. The molecule has 2 aromatic rings. The predicted octanol–water partition coefficient (Wildman–Crippen LogP) is 2.75. The van der Waals surface area contributed by atoms with E-state index in [-0.39, 0.29) is 12.0 Å². The van der Waals surface area contributed by atoms with Crippen molar-refractivity contribution in [2.24, 2.45) is 0 Å². The molecule has 1 atom stereocenters. The normalized spacial score (nSPS) is 16.2. The highest BCUT2D eigenvalue weighted by Crippen LogP contribution is 2.31. The van der Waals surface area contributed by atoms with E-state index in [1.165, 1.54) is 0 Å². The standard InChI is InChI=1S/C19H23N3O4/c1-24-14-6-8-18(25-2)17(10-14)22-13-5-7-16(20-11-13)19(23)21-12-15-4-3-9-26-15/h5-8,10-11,15,22H,3-4,9,12H2,1-2H3,(H,21,23). The molecule has 0 spiro atoms. The van der Waals surface area contributed by atoms with Crippen LogP contribution in [-0.2, 0) is 4.74 Å². The van der Waals surface area contributed by atoms with Crippen molar-refractivity contribution in [2.75, 3.05) is 32.7 Å². The molecule has 2 N–H and O–H groups in total. The first-order valence-corrected chi connectivity index (χ1v) is 8.54. The van der Waals surface area contributed by atoms with E-state index >= 15 is 0 Å². The number of anilines is 2. The Morgan fingerprint density at radius 2 is 2.15 bits per heavy atom. The fraction of sp³-hybridized carbons (Fsp3) is 0.368. The largest absolute Gasteiger partial charge is 0.497 e. The number of benzene rings is 1. The zero-order chi connectivity index (χ0) is 18.4. The minimum atomic E-state index is -0.203. The third-order valence-corrected chi connectivity index (χ3v) is 4.20. The summed E-state index contributed by atoms with van der Waals surface area (Å²) in [6, 6.07) is 8.96. The number of amides is 1. The summed E-state index contributed by atoms with van der Waals surface area (Å²) in [6.07, 6.45) is 3.76. The van der Waals surface area contributed by atoms with Gasteiger partial charge in [0.2, 0.25) is 0 Å². The maximum atomic E-state index is 12.2. The molecule has 0 aliphatic carbocycles. The molecule has 0 bridgehead atoms. The number of carbonyl (C=O) groups excluding carboxylic acids is 1.